The predicted octanol–water partition coefficient (Wildman–Crippen LogP) is 3.21. The van der Waals surface area contributed by atoms with Gasteiger partial charge in [0.25, 0.3) is 5.91 Å². The van der Waals surface area contributed by atoms with E-state index in [4.69, 9.17) is 11.6 Å². The van der Waals surface area contributed by atoms with Gasteiger partial charge in [0.2, 0.25) is 0 Å². The van der Waals surface area contributed by atoms with E-state index >= 15 is 0 Å². The quantitative estimate of drug-likeness (QED) is 0.880. The average Bonchev–Trinajstić information content (AvgIpc) is 2.44. The summed E-state index contributed by atoms with van der Waals surface area (Å²) >= 11 is 6.26. The van der Waals surface area contributed by atoms with E-state index in [1.807, 2.05) is 30.3 Å². The minimum absolute atomic E-state index is 0.135. The maximum Gasteiger partial charge on any atom is 0.252 e. The number of hydrogen-bond acceptors (Lipinski definition) is 2. The van der Waals surface area contributed by atoms with Crippen LogP contribution in [-0.4, -0.2) is 19.0 Å². The molecule has 0 saturated heterocycles. The van der Waals surface area contributed by atoms with E-state index in [0.29, 0.717) is 17.1 Å². The zero-order valence-corrected chi connectivity index (χ0v) is 14.2. The SMILES string of the molecule is C[Si](C)(C)c1cccc(Cl)c1C(=O)NCc1ccccn1. The third-order valence-electron chi connectivity index (χ3n) is 3.20. The zero-order chi connectivity index (χ0) is 15.5. The van der Waals surface area contributed by atoms with Gasteiger partial charge in [0, 0.05) is 6.20 Å². The van der Waals surface area contributed by atoms with Gasteiger partial charge < -0.3 is 5.32 Å². The molecule has 0 fully saturated rings. The Kier molecular flexibility index (Phi) is 4.80. The fourth-order valence-electron chi connectivity index (χ4n) is 2.14. The van der Waals surface area contributed by atoms with Crippen LogP contribution in [0.1, 0.15) is 16.1 Å². The first-order valence-corrected chi connectivity index (χ1v) is 10.7. The molecule has 1 N–H and O–H groups in total. The summed E-state index contributed by atoms with van der Waals surface area (Å²) in [4.78, 5) is 16.7. The molecule has 0 aliphatic heterocycles. The van der Waals surface area contributed by atoms with Crippen LogP contribution in [-0.2, 0) is 6.54 Å². The summed E-state index contributed by atoms with van der Waals surface area (Å²) in [5.41, 5.74) is 1.43. The molecule has 21 heavy (non-hydrogen) atoms. The highest BCUT2D eigenvalue weighted by Crippen LogP contribution is 2.17. The van der Waals surface area contributed by atoms with Gasteiger partial charge in [0.05, 0.1) is 30.9 Å². The molecular formula is C16H19ClN2OSi. The Morgan fingerprint density at radius 3 is 2.57 bits per heavy atom. The highest BCUT2D eigenvalue weighted by Gasteiger charge is 2.25. The third-order valence-corrected chi connectivity index (χ3v) is 5.55. The van der Waals surface area contributed by atoms with Gasteiger partial charge in [-0.15, -0.1) is 0 Å². The standard InChI is InChI=1S/C16H19ClN2OSi/c1-21(2,3)14-9-6-8-13(17)15(14)16(20)19-11-12-7-4-5-10-18-12/h4-10H,11H2,1-3H3,(H,19,20). The van der Waals surface area contributed by atoms with E-state index in [9.17, 15) is 4.79 Å². The van der Waals surface area contributed by atoms with Crippen molar-refractivity contribution in [3.63, 3.8) is 0 Å². The first-order valence-electron chi connectivity index (χ1n) is 6.86. The number of carbonyl (C=O) groups excluding carboxylic acids is 1. The van der Waals surface area contributed by atoms with Crippen molar-refractivity contribution in [3.05, 3.63) is 58.9 Å². The smallest absolute Gasteiger partial charge is 0.252 e. The second-order valence-corrected chi connectivity index (χ2v) is 11.4. The number of halogens is 1. The predicted molar refractivity (Wildman–Crippen MR) is 89.8 cm³/mol. The highest BCUT2D eigenvalue weighted by molar-refractivity contribution is 6.89. The Hall–Kier alpha value is -1.65. The van der Waals surface area contributed by atoms with Crippen LogP contribution in [0.3, 0.4) is 0 Å². The molecule has 0 spiro atoms. The fraction of sp³-hybridized carbons (Fsp3) is 0.250. The molecule has 0 radical (unpaired) electrons. The van der Waals surface area contributed by atoms with Crippen molar-refractivity contribution in [1.82, 2.24) is 10.3 Å². The van der Waals surface area contributed by atoms with Crippen LogP contribution in [0.5, 0.6) is 0 Å². The van der Waals surface area contributed by atoms with Crippen LogP contribution in [0.4, 0.5) is 0 Å². The van der Waals surface area contributed by atoms with Crippen LogP contribution in [0.15, 0.2) is 42.6 Å². The van der Waals surface area contributed by atoms with Crippen LogP contribution in [0.25, 0.3) is 0 Å². The Balaban J connectivity index is 2.23. The van der Waals surface area contributed by atoms with Gasteiger partial charge in [-0.3, -0.25) is 9.78 Å². The first kappa shape index (κ1) is 15.7. The molecule has 2 aromatic rings. The number of hydrogen-bond donors (Lipinski definition) is 1. The fourth-order valence-corrected chi connectivity index (χ4v) is 4.08. The van der Waals surface area contributed by atoms with E-state index in [1.165, 1.54) is 0 Å². The molecule has 2 rings (SSSR count). The molecule has 0 aliphatic carbocycles. The van der Waals surface area contributed by atoms with Crippen LogP contribution < -0.4 is 10.5 Å². The van der Waals surface area contributed by atoms with E-state index in [2.05, 4.69) is 29.9 Å². The maximum atomic E-state index is 12.5. The zero-order valence-electron chi connectivity index (χ0n) is 12.5. The summed E-state index contributed by atoms with van der Waals surface area (Å²) < 4.78 is 0. The van der Waals surface area contributed by atoms with Crippen molar-refractivity contribution in [2.75, 3.05) is 0 Å². The molecule has 0 saturated carbocycles. The monoisotopic (exact) mass is 318 g/mol. The summed E-state index contributed by atoms with van der Waals surface area (Å²) in [5, 5.41) is 4.49. The van der Waals surface area contributed by atoms with Gasteiger partial charge >= 0.3 is 0 Å². The molecule has 0 aliphatic rings. The minimum atomic E-state index is -1.64. The normalized spacial score (nSPS) is 11.2. The second kappa shape index (κ2) is 6.41. The maximum absolute atomic E-state index is 12.5. The Morgan fingerprint density at radius 1 is 1.19 bits per heavy atom. The van der Waals surface area contributed by atoms with Gasteiger partial charge in [0.15, 0.2) is 0 Å². The molecule has 0 bridgehead atoms. The number of aromatic nitrogens is 1. The average molecular weight is 319 g/mol. The largest absolute Gasteiger partial charge is 0.346 e. The molecule has 0 atom stereocenters. The highest BCUT2D eigenvalue weighted by atomic mass is 35.5. The molecule has 5 heteroatoms. The Bertz CT molecular complexity index is 638. The van der Waals surface area contributed by atoms with Gasteiger partial charge in [-0.1, -0.05) is 49.4 Å². The molecule has 1 heterocycles. The van der Waals surface area contributed by atoms with Gasteiger partial charge in [-0.25, -0.2) is 0 Å². The van der Waals surface area contributed by atoms with Gasteiger partial charge in [-0.2, -0.15) is 0 Å². The van der Waals surface area contributed by atoms with Gasteiger partial charge in [-0.05, 0) is 23.4 Å². The van der Waals surface area contributed by atoms with Crippen molar-refractivity contribution >= 4 is 30.8 Å². The number of nitrogens with zero attached hydrogens (tertiary/aromatic N) is 1. The topological polar surface area (TPSA) is 42.0 Å². The third kappa shape index (κ3) is 3.92. The van der Waals surface area contributed by atoms with Crippen molar-refractivity contribution in [2.45, 2.75) is 26.2 Å². The Labute approximate surface area is 131 Å². The van der Waals surface area contributed by atoms with E-state index in [0.717, 1.165) is 10.9 Å². The number of nitrogens with one attached hydrogen (secondary N) is 1. The summed E-state index contributed by atoms with van der Waals surface area (Å²) in [5.74, 6) is -0.135. The lowest BCUT2D eigenvalue weighted by atomic mass is 10.2. The molecule has 1 amide bonds. The lowest BCUT2D eigenvalue weighted by molar-refractivity contribution is 0.0951. The van der Waals surface area contributed by atoms with E-state index < -0.39 is 8.07 Å². The number of rotatable bonds is 4. The number of carbonyl (C=O) groups is 1. The van der Waals surface area contributed by atoms with E-state index in [-0.39, 0.29) is 5.91 Å². The number of benzene rings is 1. The van der Waals surface area contributed by atoms with Crippen molar-refractivity contribution in [1.29, 1.82) is 0 Å². The molecule has 1 aromatic heterocycles. The van der Waals surface area contributed by atoms with Gasteiger partial charge in [0.1, 0.15) is 0 Å². The van der Waals surface area contributed by atoms with Crippen LogP contribution in [0.2, 0.25) is 24.7 Å². The second-order valence-electron chi connectivity index (χ2n) is 5.92. The summed E-state index contributed by atoms with van der Waals surface area (Å²) in [6, 6.07) is 11.3. The molecule has 1 aromatic carbocycles. The van der Waals surface area contributed by atoms with Crippen molar-refractivity contribution < 1.29 is 4.79 Å². The van der Waals surface area contributed by atoms with Crippen molar-refractivity contribution in [2.24, 2.45) is 0 Å². The summed E-state index contributed by atoms with van der Waals surface area (Å²) in [6.45, 7) is 7.01. The Morgan fingerprint density at radius 2 is 1.95 bits per heavy atom. The lowest BCUT2D eigenvalue weighted by Gasteiger charge is -2.21. The minimum Gasteiger partial charge on any atom is -0.346 e. The summed E-state index contributed by atoms with van der Waals surface area (Å²) in [6.07, 6.45) is 1.71. The number of amides is 1. The molecular weight excluding hydrogens is 300 g/mol. The first-order chi connectivity index (χ1) is 9.89. The van der Waals surface area contributed by atoms with Crippen molar-refractivity contribution in [3.8, 4) is 0 Å². The lowest BCUT2D eigenvalue weighted by Crippen LogP contribution is -2.43. The summed E-state index contributed by atoms with van der Waals surface area (Å²) in [7, 11) is -1.64. The van der Waals surface area contributed by atoms with Crippen LogP contribution in [0, 0.1) is 0 Å². The number of pyridine rings is 1. The molecule has 110 valence electrons. The van der Waals surface area contributed by atoms with Crippen LogP contribution >= 0.6 is 11.6 Å². The molecule has 0 unspecified atom stereocenters. The molecule has 3 nitrogen and oxygen atoms in total. The van der Waals surface area contributed by atoms with E-state index in [1.54, 1.807) is 12.3 Å².